The first-order chi connectivity index (χ1) is 8.68. The van der Waals surface area contributed by atoms with E-state index in [1.807, 2.05) is 19.9 Å². The zero-order valence-corrected chi connectivity index (χ0v) is 11.2. The van der Waals surface area contributed by atoms with E-state index in [0.717, 1.165) is 31.2 Å². The topological polar surface area (TPSA) is 39.2 Å². The first-order valence-corrected chi connectivity index (χ1v) is 6.78. The van der Waals surface area contributed by atoms with Crippen LogP contribution in [0.1, 0.15) is 54.9 Å². The van der Waals surface area contributed by atoms with Crippen LogP contribution in [-0.4, -0.2) is 23.0 Å². The van der Waals surface area contributed by atoms with Gasteiger partial charge in [-0.05, 0) is 38.3 Å². The zero-order valence-electron chi connectivity index (χ0n) is 11.2. The standard InChI is InChI=1S/C15H21NO2/c1-3-18-15(7-5-4-6-8-15)14(17)13-9-12(2)10-16-11-13/h9-11H,3-8H2,1-2H3. The Morgan fingerprint density at radius 1 is 1.33 bits per heavy atom. The van der Waals surface area contributed by atoms with E-state index in [9.17, 15) is 4.79 Å². The van der Waals surface area contributed by atoms with Crippen molar-refractivity contribution in [2.75, 3.05) is 6.61 Å². The second-order valence-corrected chi connectivity index (χ2v) is 5.07. The molecule has 98 valence electrons. The van der Waals surface area contributed by atoms with Crippen LogP contribution in [0.15, 0.2) is 18.5 Å². The Hall–Kier alpha value is -1.22. The number of hydrogen-bond donors (Lipinski definition) is 0. The van der Waals surface area contributed by atoms with Crippen molar-refractivity contribution < 1.29 is 9.53 Å². The quantitative estimate of drug-likeness (QED) is 0.766. The van der Waals surface area contributed by atoms with Gasteiger partial charge in [0.2, 0.25) is 0 Å². The summed E-state index contributed by atoms with van der Waals surface area (Å²) in [6.07, 6.45) is 8.46. The normalized spacial score (nSPS) is 18.6. The minimum Gasteiger partial charge on any atom is -0.367 e. The van der Waals surface area contributed by atoms with E-state index < -0.39 is 5.60 Å². The van der Waals surface area contributed by atoms with Crippen LogP contribution < -0.4 is 0 Å². The van der Waals surface area contributed by atoms with Gasteiger partial charge in [-0.15, -0.1) is 0 Å². The van der Waals surface area contributed by atoms with Gasteiger partial charge < -0.3 is 4.74 Å². The number of rotatable bonds is 4. The number of hydrogen-bond acceptors (Lipinski definition) is 3. The fourth-order valence-electron chi connectivity index (χ4n) is 2.78. The molecular weight excluding hydrogens is 226 g/mol. The minimum atomic E-state index is -0.595. The highest BCUT2D eigenvalue weighted by molar-refractivity contribution is 6.02. The Balaban J connectivity index is 2.28. The van der Waals surface area contributed by atoms with Gasteiger partial charge in [-0.25, -0.2) is 0 Å². The lowest BCUT2D eigenvalue weighted by Gasteiger charge is -2.35. The third kappa shape index (κ3) is 2.61. The van der Waals surface area contributed by atoms with Crippen LogP contribution in [0, 0.1) is 6.92 Å². The summed E-state index contributed by atoms with van der Waals surface area (Å²) in [6, 6.07) is 1.91. The second kappa shape index (κ2) is 5.61. The highest BCUT2D eigenvalue weighted by atomic mass is 16.5. The molecule has 1 aromatic heterocycles. The molecule has 3 heteroatoms. The Kier molecular flexibility index (Phi) is 4.12. The van der Waals surface area contributed by atoms with Gasteiger partial charge in [-0.3, -0.25) is 9.78 Å². The number of ether oxygens (including phenoxy) is 1. The maximum Gasteiger partial charge on any atom is 0.196 e. The maximum atomic E-state index is 12.7. The first-order valence-electron chi connectivity index (χ1n) is 6.78. The molecule has 2 rings (SSSR count). The molecule has 0 unspecified atom stereocenters. The van der Waals surface area contributed by atoms with Crippen LogP contribution >= 0.6 is 0 Å². The van der Waals surface area contributed by atoms with Crippen LogP contribution in [-0.2, 0) is 4.74 Å². The van der Waals surface area contributed by atoms with Crippen molar-refractivity contribution in [3.8, 4) is 0 Å². The molecule has 1 fully saturated rings. The van der Waals surface area contributed by atoms with Gasteiger partial charge in [0.05, 0.1) is 0 Å². The summed E-state index contributed by atoms with van der Waals surface area (Å²) in [5.41, 5.74) is 1.11. The van der Waals surface area contributed by atoms with Gasteiger partial charge in [0.25, 0.3) is 0 Å². The van der Waals surface area contributed by atoms with Crippen molar-refractivity contribution in [1.82, 2.24) is 4.98 Å². The van der Waals surface area contributed by atoms with E-state index in [0.29, 0.717) is 12.2 Å². The Bertz CT molecular complexity index is 417. The van der Waals surface area contributed by atoms with Crippen molar-refractivity contribution >= 4 is 5.78 Å². The fraction of sp³-hybridized carbons (Fsp3) is 0.600. The van der Waals surface area contributed by atoms with Crippen molar-refractivity contribution in [2.45, 2.75) is 51.6 Å². The van der Waals surface area contributed by atoms with Crippen LogP contribution in [0.2, 0.25) is 0 Å². The average molecular weight is 247 g/mol. The van der Waals surface area contributed by atoms with Crippen molar-refractivity contribution in [3.63, 3.8) is 0 Å². The number of nitrogens with zero attached hydrogens (tertiary/aromatic N) is 1. The summed E-state index contributed by atoms with van der Waals surface area (Å²) in [5, 5.41) is 0. The summed E-state index contributed by atoms with van der Waals surface area (Å²) >= 11 is 0. The van der Waals surface area contributed by atoms with E-state index in [2.05, 4.69) is 4.98 Å². The van der Waals surface area contributed by atoms with Crippen LogP contribution in [0.25, 0.3) is 0 Å². The van der Waals surface area contributed by atoms with Gasteiger partial charge in [-0.2, -0.15) is 0 Å². The summed E-state index contributed by atoms with van der Waals surface area (Å²) in [5.74, 6) is 0.111. The number of Topliss-reactive ketones (excluding diaryl/α,β-unsaturated/α-hetero) is 1. The number of aromatic nitrogens is 1. The smallest absolute Gasteiger partial charge is 0.196 e. The van der Waals surface area contributed by atoms with E-state index in [-0.39, 0.29) is 5.78 Å². The molecule has 0 saturated heterocycles. The molecular formula is C15H21NO2. The third-order valence-electron chi connectivity index (χ3n) is 3.63. The lowest BCUT2D eigenvalue weighted by atomic mass is 9.79. The third-order valence-corrected chi connectivity index (χ3v) is 3.63. The van der Waals surface area contributed by atoms with Crippen molar-refractivity contribution in [1.29, 1.82) is 0 Å². The molecule has 0 aromatic carbocycles. The number of carbonyl (C=O) groups excluding carboxylic acids is 1. The molecule has 1 aliphatic carbocycles. The van der Waals surface area contributed by atoms with Crippen LogP contribution in [0.5, 0.6) is 0 Å². The lowest BCUT2D eigenvalue weighted by molar-refractivity contribution is -0.0411. The Labute approximate surface area is 109 Å². The molecule has 0 atom stereocenters. The predicted octanol–water partition coefficient (Wildman–Crippen LogP) is 3.31. The number of carbonyl (C=O) groups is 1. The monoisotopic (exact) mass is 247 g/mol. The molecule has 0 amide bonds. The molecule has 0 spiro atoms. The molecule has 0 aliphatic heterocycles. The molecule has 0 radical (unpaired) electrons. The summed E-state index contributed by atoms with van der Waals surface area (Å²) in [7, 11) is 0. The first kappa shape index (κ1) is 13.2. The second-order valence-electron chi connectivity index (χ2n) is 5.07. The van der Waals surface area contributed by atoms with Crippen LogP contribution in [0.3, 0.4) is 0 Å². The Morgan fingerprint density at radius 3 is 2.67 bits per heavy atom. The minimum absolute atomic E-state index is 0.111. The molecule has 0 N–H and O–H groups in total. The predicted molar refractivity (Wildman–Crippen MR) is 70.7 cm³/mol. The maximum absolute atomic E-state index is 12.7. The number of pyridine rings is 1. The zero-order chi connectivity index (χ0) is 13.0. The van der Waals surface area contributed by atoms with Gasteiger partial charge in [0.1, 0.15) is 5.60 Å². The van der Waals surface area contributed by atoms with Crippen LogP contribution in [0.4, 0.5) is 0 Å². The van der Waals surface area contributed by atoms with Gasteiger partial charge >= 0.3 is 0 Å². The summed E-state index contributed by atoms with van der Waals surface area (Å²) in [4.78, 5) is 16.8. The highest BCUT2D eigenvalue weighted by Crippen LogP contribution is 2.34. The molecule has 0 bridgehead atoms. The van der Waals surface area contributed by atoms with Gasteiger partial charge in [0, 0.05) is 24.6 Å². The lowest BCUT2D eigenvalue weighted by Crippen LogP contribution is -2.43. The number of aryl methyl sites for hydroxylation is 1. The molecule has 1 aromatic rings. The number of ketones is 1. The van der Waals surface area contributed by atoms with E-state index >= 15 is 0 Å². The molecule has 18 heavy (non-hydrogen) atoms. The molecule has 1 heterocycles. The molecule has 1 aliphatic rings. The van der Waals surface area contributed by atoms with E-state index in [4.69, 9.17) is 4.74 Å². The largest absolute Gasteiger partial charge is 0.367 e. The van der Waals surface area contributed by atoms with Crippen molar-refractivity contribution in [2.24, 2.45) is 0 Å². The summed E-state index contributed by atoms with van der Waals surface area (Å²) < 4.78 is 5.85. The SMILES string of the molecule is CCOC1(C(=O)c2cncc(C)c2)CCCCC1. The summed E-state index contributed by atoms with van der Waals surface area (Å²) in [6.45, 7) is 4.50. The van der Waals surface area contributed by atoms with E-state index in [1.165, 1.54) is 6.42 Å². The molecule has 3 nitrogen and oxygen atoms in total. The van der Waals surface area contributed by atoms with Gasteiger partial charge in [0.15, 0.2) is 5.78 Å². The highest BCUT2D eigenvalue weighted by Gasteiger charge is 2.40. The molecule has 1 saturated carbocycles. The Morgan fingerprint density at radius 2 is 2.06 bits per heavy atom. The van der Waals surface area contributed by atoms with Crippen molar-refractivity contribution in [3.05, 3.63) is 29.6 Å². The fourth-order valence-corrected chi connectivity index (χ4v) is 2.78. The van der Waals surface area contributed by atoms with Gasteiger partial charge in [-0.1, -0.05) is 19.3 Å². The van der Waals surface area contributed by atoms with E-state index in [1.54, 1.807) is 12.4 Å². The average Bonchev–Trinajstić information content (AvgIpc) is 2.39.